The molecule has 0 atom stereocenters. The largest absolute Gasteiger partial charge is 0.215 e. The van der Waals surface area contributed by atoms with Crippen molar-refractivity contribution in [3.8, 4) is 11.1 Å². The van der Waals surface area contributed by atoms with Crippen LogP contribution in [0.5, 0.6) is 0 Å². The quantitative estimate of drug-likeness (QED) is 0.922. The fourth-order valence-corrected chi connectivity index (χ4v) is 2.78. The van der Waals surface area contributed by atoms with E-state index in [2.05, 4.69) is 41.1 Å². The molecule has 0 bridgehead atoms. The zero-order valence-corrected chi connectivity index (χ0v) is 13.4. The molecular weight excluding hydrogens is 282 g/mol. The van der Waals surface area contributed by atoms with Crippen molar-refractivity contribution >= 4 is 10.0 Å². The Morgan fingerprint density at radius 2 is 1.43 bits per heavy atom. The average molecular weight is 303 g/mol. The molecule has 0 aliphatic rings. The third kappa shape index (κ3) is 4.41. The first-order chi connectivity index (χ1) is 9.78. The molecule has 0 amide bonds. The van der Waals surface area contributed by atoms with Crippen LogP contribution in [0.3, 0.4) is 0 Å². The lowest BCUT2D eigenvalue weighted by Crippen LogP contribution is -2.36. The third-order valence-corrected chi connectivity index (χ3v) is 4.22. The molecular formula is C17H21NO2S. The lowest BCUT2D eigenvalue weighted by atomic mass is 9.84. The van der Waals surface area contributed by atoms with E-state index in [0.29, 0.717) is 6.54 Å². The van der Waals surface area contributed by atoms with Gasteiger partial charge in [0.15, 0.2) is 0 Å². The van der Waals surface area contributed by atoms with Crippen LogP contribution in [0.1, 0.15) is 19.4 Å². The lowest BCUT2D eigenvalue weighted by molar-refractivity contribution is 0.503. The number of hydrogen-bond acceptors (Lipinski definition) is 2. The molecule has 0 fully saturated rings. The summed E-state index contributed by atoms with van der Waals surface area (Å²) in [5.41, 5.74) is 3.19. The number of rotatable bonds is 5. The number of hydrogen-bond donors (Lipinski definition) is 1. The first-order valence-corrected chi connectivity index (χ1v) is 8.78. The van der Waals surface area contributed by atoms with Crippen LogP contribution in [0, 0.1) is 0 Å². The molecule has 2 aromatic carbocycles. The van der Waals surface area contributed by atoms with Crippen LogP contribution in [-0.4, -0.2) is 21.2 Å². The molecule has 0 saturated heterocycles. The summed E-state index contributed by atoms with van der Waals surface area (Å²) >= 11 is 0. The fourth-order valence-electron chi connectivity index (χ4n) is 2.16. The highest BCUT2D eigenvalue weighted by atomic mass is 32.2. The Labute approximate surface area is 127 Å². The predicted molar refractivity (Wildman–Crippen MR) is 87.8 cm³/mol. The maximum Gasteiger partial charge on any atom is 0.208 e. The third-order valence-electron chi connectivity index (χ3n) is 3.55. The summed E-state index contributed by atoms with van der Waals surface area (Å²) in [5, 5.41) is 0. The van der Waals surface area contributed by atoms with Gasteiger partial charge in [0.2, 0.25) is 10.0 Å². The van der Waals surface area contributed by atoms with Gasteiger partial charge in [-0.3, -0.25) is 0 Å². The molecule has 2 aromatic rings. The average Bonchev–Trinajstić information content (AvgIpc) is 2.46. The minimum Gasteiger partial charge on any atom is -0.215 e. The van der Waals surface area contributed by atoms with E-state index in [0.717, 1.165) is 11.1 Å². The van der Waals surface area contributed by atoms with E-state index in [9.17, 15) is 8.42 Å². The second-order valence-electron chi connectivity index (χ2n) is 5.92. The summed E-state index contributed by atoms with van der Waals surface area (Å²) in [6.45, 7) is 4.45. The van der Waals surface area contributed by atoms with Gasteiger partial charge in [0.05, 0.1) is 6.26 Å². The topological polar surface area (TPSA) is 46.2 Å². The van der Waals surface area contributed by atoms with Gasteiger partial charge in [-0.15, -0.1) is 0 Å². The van der Waals surface area contributed by atoms with Gasteiger partial charge in [-0.1, -0.05) is 68.4 Å². The molecule has 0 radical (unpaired) electrons. The van der Waals surface area contributed by atoms with E-state index in [1.54, 1.807) is 0 Å². The summed E-state index contributed by atoms with van der Waals surface area (Å²) in [6, 6.07) is 18.5. The number of sulfonamides is 1. The van der Waals surface area contributed by atoms with Crippen LogP contribution >= 0.6 is 0 Å². The van der Waals surface area contributed by atoms with Crippen molar-refractivity contribution in [2.45, 2.75) is 19.3 Å². The minimum absolute atomic E-state index is 0.252. The van der Waals surface area contributed by atoms with Gasteiger partial charge in [0.1, 0.15) is 0 Å². The second-order valence-corrected chi connectivity index (χ2v) is 7.75. The van der Waals surface area contributed by atoms with Gasteiger partial charge in [-0.05, 0) is 16.7 Å². The van der Waals surface area contributed by atoms with Crippen LogP contribution in [0.4, 0.5) is 0 Å². The van der Waals surface area contributed by atoms with Crippen molar-refractivity contribution < 1.29 is 8.42 Å². The SMILES string of the molecule is CC(C)(CNS(C)(=O)=O)c1ccc(-c2ccccc2)cc1. The van der Waals surface area contributed by atoms with E-state index in [-0.39, 0.29) is 5.41 Å². The van der Waals surface area contributed by atoms with Gasteiger partial charge in [-0.25, -0.2) is 13.1 Å². The van der Waals surface area contributed by atoms with Gasteiger partial charge < -0.3 is 0 Å². The Morgan fingerprint density at radius 1 is 0.905 bits per heavy atom. The van der Waals surface area contributed by atoms with Crippen molar-refractivity contribution in [1.29, 1.82) is 0 Å². The van der Waals surface area contributed by atoms with Gasteiger partial charge in [-0.2, -0.15) is 0 Å². The monoisotopic (exact) mass is 303 g/mol. The molecule has 0 aliphatic heterocycles. The van der Waals surface area contributed by atoms with Crippen molar-refractivity contribution in [3.63, 3.8) is 0 Å². The van der Waals surface area contributed by atoms with Gasteiger partial charge >= 0.3 is 0 Å². The lowest BCUT2D eigenvalue weighted by Gasteiger charge is -2.25. The first-order valence-electron chi connectivity index (χ1n) is 6.88. The molecule has 0 saturated carbocycles. The van der Waals surface area contributed by atoms with E-state index in [4.69, 9.17) is 0 Å². The smallest absolute Gasteiger partial charge is 0.208 e. The van der Waals surface area contributed by atoms with E-state index >= 15 is 0 Å². The molecule has 0 heterocycles. The minimum atomic E-state index is -3.17. The highest BCUT2D eigenvalue weighted by Crippen LogP contribution is 2.26. The molecule has 1 N–H and O–H groups in total. The molecule has 21 heavy (non-hydrogen) atoms. The van der Waals surface area contributed by atoms with Crippen LogP contribution < -0.4 is 4.72 Å². The first kappa shape index (κ1) is 15.7. The Morgan fingerprint density at radius 3 is 1.95 bits per heavy atom. The summed E-state index contributed by atoms with van der Waals surface area (Å²) in [6.07, 6.45) is 1.18. The number of benzene rings is 2. The maximum atomic E-state index is 11.2. The molecule has 3 nitrogen and oxygen atoms in total. The molecule has 0 aromatic heterocycles. The van der Waals surface area contributed by atoms with E-state index < -0.39 is 10.0 Å². The molecule has 0 unspecified atom stereocenters. The molecule has 0 spiro atoms. The highest BCUT2D eigenvalue weighted by molar-refractivity contribution is 7.88. The predicted octanol–water partition coefficient (Wildman–Crippen LogP) is 3.18. The Kier molecular flexibility index (Phi) is 4.49. The summed E-state index contributed by atoms with van der Waals surface area (Å²) in [5.74, 6) is 0. The molecule has 0 aliphatic carbocycles. The number of nitrogens with one attached hydrogen (secondary N) is 1. The summed E-state index contributed by atoms with van der Waals surface area (Å²) in [7, 11) is -3.17. The van der Waals surface area contributed by atoms with Crippen molar-refractivity contribution in [1.82, 2.24) is 4.72 Å². The van der Waals surface area contributed by atoms with Gasteiger partial charge in [0.25, 0.3) is 0 Å². The van der Waals surface area contributed by atoms with Crippen LogP contribution in [-0.2, 0) is 15.4 Å². The highest BCUT2D eigenvalue weighted by Gasteiger charge is 2.21. The van der Waals surface area contributed by atoms with Crippen molar-refractivity contribution in [2.75, 3.05) is 12.8 Å². The molecule has 112 valence electrons. The fraction of sp³-hybridized carbons (Fsp3) is 0.294. The standard InChI is InChI=1S/C17H21NO2S/c1-17(2,13-18-21(3,19)20)16-11-9-15(10-12-16)14-7-5-4-6-8-14/h4-12,18H,13H2,1-3H3. The van der Waals surface area contributed by atoms with Crippen molar-refractivity contribution in [3.05, 3.63) is 60.2 Å². The second kappa shape index (κ2) is 6.00. The van der Waals surface area contributed by atoms with Crippen LogP contribution in [0.15, 0.2) is 54.6 Å². The van der Waals surface area contributed by atoms with Crippen molar-refractivity contribution in [2.24, 2.45) is 0 Å². The Bertz CT molecular complexity index is 689. The van der Waals surface area contributed by atoms with Gasteiger partial charge in [0, 0.05) is 12.0 Å². The zero-order chi connectivity index (χ0) is 15.5. The maximum absolute atomic E-state index is 11.2. The van der Waals surface area contributed by atoms with E-state index in [1.165, 1.54) is 11.8 Å². The van der Waals surface area contributed by atoms with E-state index in [1.807, 2.05) is 32.0 Å². The Hall–Kier alpha value is -1.65. The summed E-state index contributed by atoms with van der Waals surface area (Å²) in [4.78, 5) is 0. The zero-order valence-electron chi connectivity index (χ0n) is 12.6. The van der Waals surface area contributed by atoms with Crippen LogP contribution in [0.25, 0.3) is 11.1 Å². The molecule has 4 heteroatoms. The normalized spacial score (nSPS) is 12.3. The van der Waals surface area contributed by atoms with Crippen LogP contribution in [0.2, 0.25) is 0 Å². The Balaban J connectivity index is 2.18. The molecule has 2 rings (SSSR count). The summed E-state index contributed by atoms with van der Waals surface area (Å²) < 4.78 is 25.1.